The molecular weight excluding hydrogens is 253 g/mol. The second-order valence-corrected chi connectivity index (χ2v) is 5.91. The van der Waals surface area contributed by atoms with Gasteiger partial charge in [0.15, 0.2) is 0 Å². The summed E-state index contributed by atoms with van der Waals surface area (Å²) in [5, 5.41) is 0. The van der Waals surface area contributed by atoms with Crippen molar-refractivity contribution >= 4 is 11.0 Å². The maximum atomic E-state index is 13.6. The first-order chi connectivity index (χ1) is 9.70. The Morgan fingerprint density at radius 1 is 1.35 bits per heavy atom. The Balaban J connectivity index is 2.21. The minimum absolute atomic E-state index is 0.00926. The zero-order valence-electron chi connectivity index (χ0n) is 12.0. The molecule has 2 N–H and O–H groups in total. The number of aromatic nitrogens is 2. The first-order valence-electron chi connectivity index (χ1n) is 7.56. The van der Waals surface area contributed by atoms with Crippen LogP contribution in [-0.2, 0) is 12.0 Å². The van der Waals surface area contributed by atoms with Crippen molar-refractivity contribution in [1.29, 1.82) is 0 Å². The summed E-state index contributed by atoms with van der Waals surface area (Å²) in [4.78, 5) is 4.81. The predicted octanol–water partition coefficient (Wildman–Crippen LogP) is 3.36. The van der Waals surface area contributed by atoms with Gasteiger partial charge in [-0.25, -0.2) is 9.37 Å². The first kappa shape index (κ1) is 13.6. The number of hydrogen-bond donors (Lipinski definition) is 1. The van der Waals surface area contributed by atoms with E-state index in [-0.39, 0.29) is 11.2 Å². The number of nitrogens with two attached hydrogens (primary N) is 1. The Morgan fingerprint density at radius 3 is 2.75 bits per heavy atom. The van der Waals surface area contributed by atoms with Gasteiger partial charge >= 0.3 is 0 Å². The summed E-state index contributed by atoms with van der Waals surface area (Å²) in [6.07, 6.45) is 5.62. The molecule has 1 aromatic carbocycles. The van der Waals surface area contributed by atoms with Gasteiger partial charge < -0.3 is 10.3 Å². The zero-order chi connectivity index (χ0) is 14.2. The molecule has 20 heavy (non-hydrogen) atoms. The summed E-state index contributed by atoms with van der Waals surface area (Å²) in [5.74, 6) is 0.870. The van der Waals surface area contributed by atoms with Crippen LogP contribution in [0.1, 0.15) is 44.9 Å². The van der Waals surface area contributed by atoms with Gasteiger partial charge in [0.05, 0.1) is 11.0 Å². The van der Waals surface area contributed by atoms with Gasteiger partial charge in [-0.2, -0.15) is 0 Å². The molecule has 4 heteroatoms. The molecule has 0 spiro atoms. The lowest BCUT2D eigenvalue weighted by molar-refractivity contribution is 0.404. The van der Waals surface area contributed by atoms with E-state index in [1.165, 1.54) is 18.9 Å². The van der Waals surface area contributed by atoms with Crippen molar-refractivity contribution in [2.75, 3.05) is 6.54 Å². The van der Waals surface area contributed by atoms with E-state index in [0.717, 1.165) is 42.7 Å². The summed E-state index contributed by atoms with van der Waals surface area (Å²) in [6, 6.07) is 4.86. The topological polar surface area (TPSA) is 43.8 Å². The molecule has 0 unspecified atom stereocenters. The van der Waals surface area contributed by atoms with Crippen LogP contribution in [0.25, 0.3) is 11.0 Å². The minimum atomic E-state index is -0.200. The highest BCUT2D eigenvalue weighted by Crippen LogP contribution is 2.41. The molecule has 0 saturated heterocycles. The lowest BCUT2D eigenvalue weighted by Crippen LogP contribution is -2.35. The lowest BCUT2D eigenvalue weighted by atomic mass is 9.85. The van der Waals surface area contributed by atoms with Gasteiger partial charge in [0.25, 0.3) is 0 Å². The van der Waals surface area contributed by atoms with Crippen LogP contribution in [-0.4, -0.2) is 16.1 Å². The number of fused-ring (bicyclic) bond motifs is 1. The normalized spacial score (nSPS) is 17.9. The van der Waals surface area contributed by atoms with Crippen LogP contribution in [0, 0.1) is 5.82 Å². The van der Waals surface area contributed by atoms with Crippen molar-refractivity contribution in [1.82, 2.24) is 9.55 Å². The molecule has 1 aliphatic carbocycles. The monoisotopic (exact) mass is 275 g/mol. The highest BCUT2D eigenvalue weighted by Gasteiger charge is 2.38. The fourth-order valence-electron chi connectivity index (χ4n) is 3.52. The van der Waals surface area contributed by atoms with E-state index in [1.54, 1.807) is 12.1 Å². The van der Waals surface area contributed by atoms with Crippen LogP contribution >= 0.6 is 0 Å². The average molecular weight is 275 g/mol. The van der Waals surface area contributed by atoms with E-state index in [9.17, 15) is 4.39 Å². The Morgan fingerprint density at radius 2 is 2.10 bits per heavy atom. The van der Waals surface area contributed by atoms with E-state index >= 15 is 0 Å². The molecule has 1 aliphatic rings. The van der Waals surface area contributed by atoms with E-state index in [1.807, 2.05) is 0 Å². The van der Waals surface area contributed by atoms with Crippen LogP contribution in [0.3, 0.4) is 0 Å². The van der Waals surface area contributed by atoms with Crippen LogP contribution in [0.2, 0.25) is 0 Å². The lowest BCUT2D eigenvalue weighted by Gasteiger charge is -2.27. The Hall–Kier alpha value is -1.42. The number of imidazole rings is 1. The van der Waals surface area contributed by atoms with Gasteiger partial charge in [0.2, 0.25) is 0 Å². The van der Waals surface area contributed by atoms with Gasteiger partial charge in [0.1, 0.15) is 11.6 Å². The molecule has 1 aromatic heterocycles. The maximum Gasteiger partial charge on any atom is 0.125 e. The second kappa shape index (κ2) is 5.17. The maximum absolute atomic E-state index is 13.6. The zero-order valence-corrected chi connectivity index (χ0v) is 12.0. The number of aryl methyl sites for hydroxylation is 1. The van der Waals surface area contributed by atoms with E-state index in [0.29, 0.717) is 6.54 Å². The molecule has 1 saturated carbocycles. The number of halogens is 1. The molecule has 1 fully saturated rings. The van der Waals surface area contributed by atoms with Gasteiger partial charge in [-0.1, -0.05) is 19.8 Å². The Labute approximate surface area is 119 Å². The molecule has 0 atom stereocenters. The molecule has 2 aromatic rings. The van der Waals surface area contributed by atoms with Crippen molar-refractivity contribution in [2.24, 2.45) is 5.73 Å². The van der Waals surface area contributed by atoms with E-state index < -0.39 is 0 Å². The third kappa shape index (κ3) is 2.03. The molecular formula is C16H22FN3. The van der Waals surface area contributed by atoms with Crippen molar-refractivity contribution in [3.05, 3.63) is 29.8 Å². The Bertz CT molecular complexity index is 611. The molecule has 0 amide bonds. The van der Waals surface area contributed by atoms with E-state index in [2.05, 4.69) is 11.5 Å². The molecule has 0 bridgehead atoms. The molecule has 3 nitrogen and oxygen atoms in total. The smallest absolute Gasteiger partial charge is 0.125 e. The fourth-order valence-corrected chi connectivity index (χ4v) is 3.52. The summed E-state index contributed by atoms with van der Waals surface area (Å²) in [5.41, 5.74) is 7.87. The Kier molecular flexibility index (Phi) is 3.50. The van der Waals surface area contributed by atoms with Gasteiger partial charge in [-0.15, -0.1) is 0 Å². The van der Waals surface area contributed by atoms with Gasteiger partial charge in [-0.3, -0.25) is 0 Å². The largest absolute Gasteiger partial charge is 0.329 e. The van der Waals surface area contributed by atoms with Crippen molar-refractivity contribution in [2.45, 2.75) is 51.0 Å². The minimum Gasteiger partial charge on any atom is -0.329 e. The summed E-state index contributed by atoms with van der Waals surface area (Å²) in [7, 11) is 0. The first-order valence-corrected chi connectivity index (χ1v) is 7.56. The number of hydrogen-bond acceptors (Lipinski definition) is 2. The van der Waals surface area contributed by atoms with Crippen LogP contribution in [0.15, 0.2) is 18.2 Å². The van der Waals surface area contributed by atoms with Crippen LogP contribution in [0.5, 0.6) is 0 Å². The van der Waals surface area contributed by atoms with Gasteiger partial charge in [0, 0.05) is 18.5 Å². The second-order valence-electron chi connectivity index (χ2n) is 5.91. The highest BCUT2D eigenvalue weighted by atomic mass is 19.1. The quantitative estimate of drug-likeness (QED) is 0.930. The molecule has 0 aliphatic heterocycles. The van der Waals surface area contributed by atoms with Crippen molar-refractivity contribution in [3.63, 3.8) is 0 Å². The van der Waals surface area contributed by atoms with Crippen molar-refractivity contribution in [3.8, 4) is 0 Å². The number of benzene rings is 1. The summed E-state index contributed by atoms with van der Waals surface area (Å²) < 4.78 is 15.7. The fraction of sp³-hybridized carbons (Fsp3) is 0.562. The molecule has 0 radical (unpaired) electrons. The van der Waals surface area contributed by atoms with Crippen molar-refractivity contribution < 1.29 is 4.39 Å². The molecule has 1 heterocycles. The third-order valence-electron chi connectivity index (χ3n) is 4.58. The molecule has 108 valence electrons. The van der Waals surface area contributed by atoms with Crippen LogP contribution < -0.4 is 5.73 Å². The van der Waals surface area contributed by atoms with Gasteiger partial charge in [-0.05, 0) is 37.5 Å². The van der Waals surface area contributed by atoms with E-state index in [4.69, 9.17) is 10.7 Å². The number of nitrogens with zero attached hydrogens (tertiary/aromatic N) is 2. The predicted molar refractivity (Wildman–Crippen MR) is 79.2 cm³/mol. The summed E-state index contributed by atoms with van der Waals surface area (Å²) in [6.45, 7) is 3.64. The van der Waals surface area contributed by atoms with Crippen LogP contribution in [0.4, 0.5) is 4.39 Å². The average Bonchev–Trinajstić information content (AvgIpc) is 3.05. The highest BCUT2D eigenvalue weighted by molar-refractivity contribution is 5.76. The SMILES string of the molecule is CCCn1c(C2(CN)CCCC2)nc2ccc(F)cc21. The standard InChI is InChI=1S/C16H22FN3/c1-2-9-20-14-10-12(17)5-6-13(14)19-15(20)16(11-18)7-3-4-8-16/h5-6,10H,2-4,7-9,11,18H2,1H3. The number of rotatable bonds is 4. The molecule has 3 rings (SSSR count). The third-order valence-corrected chi connectivity index (χ3v) is 4.58. The summed E-state index contributed by atoms with van der Waals surface area (Å²) >= 11 is 0.